The lowest BCUT2D eigenvalue weighted by atomic mass is 9.89. The summed E-state index contributed by atoms with van der Waals surface area (Å²) in [6.07, 6.45) is 6.71. The second-order valence-corrected chi connectivity index (χ2v) is 10.7. The Morgan fingerprint density at radius 1 is 1.30 bits per heavy atom. The first-order chi connectivity index (χ1) is 14.1. The van der Waals surface area contributed by atoms with Gasteiger partial charge in [-0.1, -0.05) is 0 Å². The van der Waals surface area contributed by atoms with Gasteiger partial charge in [-0.05, 0) is 109 Å². The second-order valence-electron chi connectivity index (χ2n) is 10.7. The molecule has 1 N–H and O–H groups in total. The Hall–Kier alpha value is -1.59. The standard InChI is InChI=1S/C25H37NO4/c1-24(2,28)10-7-17-14-20(15-18-8-11-25(3,4)30-22(17)18)23(27)29-16-19-9-13-26-12-5-6-21(19)26/h14-15,19,21,28H,5-13,16H2,1-4H3. The molecule has 2 fully saturated rings. The van der Waals surface area contributed by atoms with Crippen LogP contribution in [0.5, 0.6) is 5.75 Å². The summed E-state index contributed by atoms with van der Waals surface area (Å²) in [6.45, 7) is 10.7. The molecule has 5 nitrogen and oxygen atoms in total. The number of hydrogen-bond donors (Lipinski definition) is 1. The maximum Gasteiger partial charge on any atom is 0.338 e. The first-order valence-corrected chi connectivity index (χ1v) is 11.6. The fourth-order valence-electron chi connectivity index (χ4n) is 5.23. The summed E-state index contributed by atoms with van der Waals surface area (Å²) in [4.78, 5) is 15.5. The fraction of sp³-hybridized carbons (Fsp3) is 0.720. The Bertz CT molecular complexity index is 795. The largest absolute Gasteiger partial charge is 0.487 e. The van der Waals surface area contributed by atoms with Crippen molar-refractivity contribution in [1.82, 2.24) is 4.90 Å². The summed E-state index contributed by atoms with van der Waals surface area (Å²) in [7, 11) is 0. The molecule has 2 atom stereocenters. The lowest BCUT2D eigenvalue weighted by Gasteiger charge is -2.34. The molecule has 4 rings (SSSR count). The average molecular weight is 416 g/mol. The van der Waals surface area contributed by atoms with Gasteiger partial charge in [-0.15, -0.1) is 0 Å². The molecule has 0 amide bonds. The molecule has 0 aliphatic carbocycles. The van der Waals surface area contributed by atoms with Gasteiger partial charge >= 0.3 is 5.97 Å². The van der Waals surface area contributed by atoms with Crippen LogP contribution in [0, 0.1) is 5.92 Å². The molecule has 0 bridgehead atoms. The van der Waals surface area contributed by atoms with Crippen molar-refractivity contribution in [3.8, 4) is 5.75 Å². The molecule has 5 heteroatoms. The van der Waals surface area contributed by atoms with E-state index in [1.165, 1.54) is 19.4 Å². The normalized spacial score (nSPS) is 25.5. The van der Waals surface area contributed by atoms with E-state index in [-0.39, 0.29) is 11.6 Å². The van der Waals surface area contributed by atoms with Crippen molar-refractivity contribution in [2.45, 2.75) is 89.9 Å². The summed E-state index contributed by atoms with van der Waals surface area (Å²) in [6, 6.07) is 4.47. The first kappa shape index (κ1) is 21.6. The van der Waals surface area contributed by atoms with E-state index in [9.17, 15) is 9.90 Å². The van der Waals surface area contributed by atoms with E-state index in [0.717, 1.165) is 42.7 Å². The summed E-state index contributed by atoms with van der Waals surface area (Å²) in [5.41, 5.74) is 1.72. The summed E-state index contributed by atoms with van der Waals surface area (Å²) in [5.74, 6) is 1.13. The van der Waals surface area contributed by atoms with Crippen LogP contribution < -0.4 is 4.74 Å². The van der Waals surface area contributed by atoms with Crippen LogP contribution in [0.3, 0.4) is 0 Å². The molecule has 0 spiro atoms. The molecule has 2 unspecified atom stereocenters. The van der Waals surface area contributed by atoms with Gasteiger partial charge < -0.3 is 14.6 Å². The molecule has 1 aromatic rings. The molecule has 3 heterocycles. The lowest BCUT2D eigenvalue weighted by molar-refractivity contribution is 0.0417. The van der Waals surface area contributed by atoms with Crippen molar-refractivity contribution in [1.29, 1.82) is 0 Å². The third-order valence-electron chi connectivity index (χ3n) is 7.03. The van der Waals surface area contributed by atoms with Gasteiger partial charge in [0.15, 0.2) is 0 Å². The summed E-state index contributed by atoms with van der Waals surface area (Å²) >= 11 is 0. The third kappa shape index (κ3) is 4.83. The first-order valence-electron chi connectivity index (χ1n) is 11.6. The maximum absolute atomic E-state index is 12.9. The minimum absolute atomic E-state index is 0.214. The van der Waals surface area contributed by atoms with Crippen LogP contribution in [0.4, 0.5) is 0 Å². The highest BCUT2D eigenvalue weighted by Crippen LogP contribution is 2.38. The molecule has 166 valence electrons. The number of esters is 1. The van der Waals surface area contributed by atoms with E-state index in [1.54, 1.807) is 0 Å². The Labute approximate surface area is 180 Å². The molecule has 3 aliphatic heterocycles. The zero-order valence-electron chi connectivity index (χ0n) is 19.0. The lowest BCUT2D eigenvalue weighted by Crippen LogP contribution is -2.33. The van der Waals surface area contributed by atoms with Crippen molar-refractivity contribution in [3.63, 3.8) is 0 Å². The number of ether oxygens (including phenoxy) is 2. The van der Waals surface area contributed by atoms with Gasteiger partial charge in [-0.3, -0.25) is 4.90 Å². The SMILES string of the molecule is CC(C)(O)CCc1cc(C(=O)OCC2CCN3CCCC23)cc2c1OC(C)(C)CC2. The number of carbonyl (C=O) groups is 1. The van der Waals surface area contributed by atoms with Crippen LogP contribution in [0.15, 0.2) is 12.1 Å². The number of aliphatic hydroxyl groups is 1. The van der Waals surface area contributed by atoms with Crippen molar-refractivity contribution in [2.24, 2.45) is 5.92 Å². The molecule has 0 radical (unpaired) electrons. The van der Waals surface area contributed by atoms with E-state index in [4.69, 9.17) is 9.47 Å². The Morgan fingerprint density at radius 2 is 2.10 bits per heavy atom. The number of benzene rings is 1. The number of fused-ring (bicyclic) bond motifs is 2. The Morgan fingerprint density at radius 3 is 2.87 bits per heavy atom. The van der Waals surface area contributed by atoms with E-state index in [2.05, 4.69) is 18.7 Å². The summed E-state index contributed by atoms with van der Waals surface area (Å²) in [5, 5.41) is 10.2. The molecule has 30 heavy (non-hydrogen) atoms. The van der Waals surface area contributed by atoms with Crippen LogP contribution in [0.1, 0.15) is 81.3 Å². The van der Waals surface area contributed by atoms with E-state index >= 15 is 0 Å². The average Bonchev–Trinajstić information content (AvgIpc) is 3.27. The number of aryl methyl sites for hydroxylation is 2. The quantitative estimate of drug-likeness (QED) is 0.708. The number of rotatable bonds is 6. The molecule has 3 aliphatic rings. The van der Waals surface area contributed by atoms with Gasteiger partial charge in [-0.25, -0.2) is 4.79 Å². The van der Waals surface area contributed by atoms with Gasteiger partial charge in [0, 0.05) is 12.0 Å². The van der Waals surface area contributed by atoms with Crippen molar-refractivity contribution in [3.05, 3.63) is 28.8 Å². The highest BCUT2D eigenvalue weighted by Gasteiger charge is 2.38. The summed E-state index contributed by atoms with van der Waals surface area (Å²) < 4.78 is 12.1. The van der Waals surface area contributed by atoms with Crippen molar-refractivity contribution >= 4 is 5.97 Å². The topological polar surface area (TPSA) is 59.0 Å². The number of carbonyl (C=O) groups excluding carboxylic acids is 1. The molecule has 0 aromatic heterocycles. The predicted molar refractivity (Wildman–Crippen MR) is 117 cm³/mol. The number of nitrogens with zero attached hydrogens (tertiary/aromatic N) is 1. The minimum atomic E-state index is -0.761. The van der Waals surface area contributed by atoms with E-state index in [0.29, 0.717) is 37.0 Å². The van der Waals surface area contributed by atoms with Gasteiger partial charge in [0.05, 0.1) is 17.8 Å². The van der Waals surface area contributed by atoms with Gasteiger partial charge in [0.25, 0.3) is 0 Å². The Balaban J connectivity index is 1.50. The zero-order chi connectivity index (χ0) is 21.5. The van der Waals surface area contributed by atoms with Gasteiger partial charge in [-0.2, -0.15) is 0 Å². The van der Waals surface area contributed by atoms with Crippen LogP contribution in [0.2, 0.25) is 0 Å². The number of hydrogen-bond acceptors (Lipinski definition) is 5. The minimum Gasteiger partial charge on any atom is -0.487 e. The molecule has 2 saturated heterocycles. The zero-order valence-corrected chi connectivity index (χ0v) is 19.0. The molecular weight excluding hydrogens is 378 g/mol. The fourth-order valence-corrected chi connectivity index (χ4v) is 5.23. The molecule has 1 aromatic carbocycles. The highest BCUT2D eigenvalue weighted by atomic mass is 16.5. The van der Waals surface area contributed by atoms with E-state index < -0.39 is 5.60 Å². The van der Waals surface area contributed by atoms with Crippen molar-refractivity contribution in [2.75, 3.05) is 19.7 Å². The van der Waals surface area contributed by atoms with Gasteiger partial charge in [0.1, 0.15) is 11.4 Å². The highest BCUT2D eigenvalue weighted by molar-refractivity contribution is 5.90. The van der Waals surface area contributed by atoms with Crippen molar-refractivity contribution < 1.29 is 19.4 Å². The molecular formula is C25H37NO4. The smallest absolute Gasteiger partial charge is 0.338 e. The Kier molecular flexibility index (Phi) is 5.88. The van der Waals surface area contributed by atoms with E-state index in [1.807, 2.05) is 26.0 Å². The predicted octanol–water partition coefficient (Wildman–Crippen LogP) is 4.13. The monoisotopic (exact) mass is 415 g/mol. The van der Waals surface area contributed by atoms with Crippen LogP contribution in [0.25, 0.3) is 0 Å². The second kappa shape index (κ2) is 8.16. The maximum atomic E-state index is 12.9. The van der Waals surface area contributed by atoms with Gasteiger partial charge in [0.2, 0.25) is 0 Å². The third-order valence-corrected chi connectivity index (χ3v) is 7.03. The van der Waals surface area contributed by atoms with Crippen LogP contribution >= 0.6 is 0 Å². The molecule has 0 saturated carbocycles. The van der Waals surface area contributed by atoms with Crippen LogP contribution in [-0.2, 0) is 17.6 Å². The van der Waals surface area contributed by atoms with Crippen LogP contribution in [-0.4, -0.2) is 52.9 Å².